The van der Waals surface area contributed by atoms with Crippen LogP contribution in [-0.4, -0.2) is 57.3 Å². The summed E-state index contributed by atoms with van der Waals surface area (Å²) in [5.41, 5.74) is 0. The van der Waals surface area contributed by atoms with E-state index in [1.54, 1.807) is 0 Å². The molecule has 0 rings (SSSR count). The number of carbonyl (C=O) groups excluding carboxylic acids is 1. The number of hydrogen-bond acceptors (Lipinski definition) is 5. The molecule has 0 aromatic rings. The van der Waals surface area contributed by atoms with Crippen LogP contribution in [0.5, 0.6) is 0 Å². The Hall–Kier alpha value is -0.950. The molecule has 0 aliphatic carbocycles. The largest absolute Gasteiger partial charge is 0.394 e. The van der Waals surface area contributed by atoms with Gasteiger partial charge >= 0.3 is 0 Å². The Morgan fingerprint density at radius 1 is 0.558 bits per heavy atom. The Balaban J connectivity index is 3.56. The van der Waals surface area contributed by atoms with Crippen molar-refractivity contribution in [2.24, 2.45) is 0 Å². The maximum atomic E-state index is 12.3. The van der Waals surface area contributed by atoms with Gasteiger partial charge in [0.1, 0.15) is 12.2 Å². The summed E-state index contributed by atoms with van der Waals surface area (Å²) in [7, 11) is 0. The van der Waals surface area contributed by atoms with Crippen LogP contribution in [0.15, 0.2) is 12.2 Å². The molecule has 6 nitrogen and oxygen atoms in total. The summed E-state index contributed by atoms with van der Waals surface area (Å²) >= 11 is 0. The van der Waals surface area contributed by atoms with Gasteiger partial charge in [-0.15, -0.1) is 0 Å². The Labute approximate surface area is 266 Å². The molecule has 0 radical (unpaired) electrons. The van der Waals surface area contributed by atoms with Crippen molar-refractivity contribution < 1.29 is 25.2 Å². The molecule has 0 spiro atoms. The number of aliphatic hydroxyl groups is 4. The maximum Gasteiger partial charge on any atom is 0.249 e. The maximum absolute atomic E-state index is 12.3. The third-order valence-electron chi connectivity index (χ3n) is 8.73. The van der Waals surface area contributed by atoms with Crippen LogP contribution < -0.4 is 5.32 Å². The van der Waals surface area contributed by atoms with Crippen LogP contribution in [-0.2, 0) is 4.79 Å². The van der Waals surface area contributed by atoms with E-state index in [4.69, 9.17) is 0 Å². The van der Waals surface area contributed by atoms with Crippen LogP contribution in [0.3, 0.4) is 0 Å². The van der Waals surface area contributed by atoms with Crippen molar-refractivity contribution in [3.63, 3.8) is 0 Å². The van der Waals surface area contributed by atoms with Gasteiger partial charge in [-0.3, -0.25) is 4.79 Å². The molecule has 4 atom stereocenters. The van der Waals surface area contributed by atoms with Gasteiger partial charge in [0.2, 0.25) is 5.91 Å². The first-order valence-corrected chi connectivity index (χ1v) is 18.6. The Morgan fingerprint density at radius 3 is 1.37 bits per heavy atom. The first-order valence-electron chi connectivity index (χ1n) is 18.6. The molecule has 6 heteroatoms. The van der Waals surface area contributed by atoms with Gasteiger partial charge in [0.25, 0.3) is 0 Å². The Kier molecular flexibility index (Phi) is 31.7. The van der Waals surface area contributed by atoms with Crippen molar-refractivity contribution in [2.75, 3.05) is 6.61 Å². The first kappa shape index (κ1) is 42.0. The van der Waals surface area contributed by atoms with Crippen molar-refractivity contribution in [3.8, 4) is 0 Å². The molecular formula is C37H73NO5. The minimum atomic E-state index is -1.25. The van der Waals surface area contributed by atoms with Crippen LogP contribution in [0.4, 0.5) is 0 Å². The summed E-state index contributed by atoms with van der Waals surface area (Å²) in [6.07, 6.45) is 33.3. The number of rotatable bonds is 33. The second kappa shape index (κ2) is 32.4. The van der Waals surface area contributed by atoms with Crippen LogP contribution in [0.2, 0.25) is 0 Å². The molecular weight excluding hydrogens is 538 g/mol. The smallest absolute Gasteiger partial charge is 0.249 e. The van der Waals surface area contributed by atoms with Crippen molar-refractivity contribution in [2.45, 2.75) is 212 Å². The number of hydrogen-bond donors (Lipinski definition) is 5. The fourth-order valence-corrected chi connectivity index (χ4v) is 5.69. The first-order chi connectivity index (χ1) is 21.0. The van der Waals surface area contributed by atoms with Crippen molar-refractivity contribution in [1.82, 2.24) is 5.32 Å². The minimum absolute atomic E-state index is 0.366. The van der Waals surface area contributed by atoms with Crippen molar-refractivity contribution in [1.29, 1.82) is 0 Å². The van der Waals surface area contributed by atoms with E-state index in [1.165, 1.54) is 122 Å². The predicted molar refractivity (Wildman–Crippen MR) is 182 cm³/mol. The summed E-state index contributed by atoms with van der Waals surface area (Å²) in [6.45, 7) is 3.85. The van der Waals surface area contributed by atoms with E-state index < -0.39 is 36.9 Å². The van der Waals surface area contributed by atoms with Gasteiger partial charge in [0, 0.05) is 0 Å². The van der Waals surface area contributed by atoms with E-state index >= 15 is 0 Å². The summed E-state index contributed by atoms with van der Waals surface area (Å²) in [6, 6.07) is -0.978. The lowest BCUT2D eigenvalue weighted by atomic mass is 10.00. The van der Waals surface area contributed by atoms with Crippen molar-refractivity contribution >= 4 is 5.91 Å². The number of amides is 1. The summed E-state index contributed by atoms with van der Waals surface area (Å²) in [5.74, 6) is -0.595. The zero-order valence-corrected chi connectivity index (χ0v) is 28.5. The average Bonchev–Trinajstić information content (AvgIpc) is 3.01. The van der Waals surface area contributed by atoms with Gasteiger partial charge in [-0.2, -0.15) is 0 Å². The average molecular weight is 612 g/mol. The highest BCUT2D eigenvalue weighted by molar-refractivity contribution is 5.80. The van der Waals surface area contributed by atoms with E-state index in [0.29, 0.717) is 12.8 Å². The summed E-state index contributed by atoms with van der Waals surface area (Å²) in [4.78, 5) is 12.3. The topological polar surface area (TPSA) is 110 Å². The zero-order valence-electron chi connectivity index (χ0n) is 28.5. The quantitative estimate of drug-likeness (QED) is 0.0377. The molecule has 0 saturated heterocycles. The number of unbranched alkanes of at least 4 members (excludes halogenated alkanes) is 22. The molecule has 0 bridgehead atoms. The number of allylic oxidation sites excluding steroid dienone is 2. The highest BCUT2D eigenvalue weighted by Gasteiger charge is 2.28. The molecule has 0 aromatic heterocycles. The van der Waals surface area contributed by atoms with E-state index in [-0.39, 0.29) is 0 Å². The molecule has 256 valence electrons. The van der Waals surface area contributed by atoms with E-state index in [9.17, 15) is 25.2 Å². The predicted octanol–water partition coefficient (Wildman–Crippen LogP) is 8.67. The molecule has 1 amide bonds. The normalized spacial score (nSPS) is 14.7. The number of aliphatic hydroxyl groups excluding tert-OH is 4. The third kappa shape index (κ3) is 27.1. The van der Waals surface area contributed by atoms with Crippen molar-refractivity contribution in [3.05, 3.63) is 12.2 Å². The molecule has 0 fully saturated rings. The molecule has 0 aliphatic heterocycles. The lowest BCUT2D eigenvalue weighted by molar-refractivity contribution is -0.132. The monoisotopic (exact) mass is 612 g/mol. The summed E-state index contributed by atoms with van der Waals surface area (Å²) < 4.78 is 0. The molecule has 43 heavy (non-hydrogen) atoms. The highest BCUT2D eigenvalue weighted by atomic mass is 16.3. The lowest BCUT2D eigenvalue weighted by Gasteiger charge is -2.27. The van der Waals surface area contributed by atoms with Crippen LogP contribution in [0.25, 0.3) is 0 Å². The Morgan fingerprint density at radius 2 is 0.930 bits per heavy atom. The van der Waals surface area contributed by atoms with E-state index in [2.05, 4.69) is 31.3 Å². The molecule has 0 heterocycles. The van der Waals surface area contributed by atoms with E-state index in [0.717, 1.165) is 38.5 Å². The van der Waals surface area contributed by atoms with Gasteiger partial charge in [0.15, 0.2) is 0 Å². The number of nitrogens with one attached hydrogen (secondary N) is 1. The molecule has 5 N–H and O–H groups in total. The van der Waals surface area contributed by atoms with Gasteiger partial charge in [-0.1, -0.05) is 161 Å². The number of carbonyl (C=O) groups is 1. The van der Waals surface area contributed by atoms with Gasteiger partial charge in [-0.05, 0) is 38.5 Å². The van der Waals surface area contributed by atoms with Crippen LogP contribution >= 0.6 is 0 Å². The molecule has 4 unspecified atom stereocenters. The lowest BCUT2D eigenvalue weighted by Crippen LogP contribution is -2.53. The van der Waals surface area contributed by atoms with Crippen LogP contribution in [0, 0.1) is 0 Å². The van der Waals surface area contributed by atoms with Crippen LogP contribution in [0.1, 0.15) is 187 Å². The molecule has 0 aromatic carbocycles. The third-order valence-corrected chi connectivity index (χ3v) is 8.73. The summed E-state index contributed by atoms with van der Waals surface area (Å²) in [5, 5.41) is 42.6. The second-order valence-electron chi connectivity index (χ2n) is 12.9. The SMILES string of the molecule is CCCCCCCCCCCCCC/C=C\CCCCCCCCCCC(O)C(=O)NC(CO)C(O)C(O)CCCCC. The van der Waals surface area contributed by atoms with E-state index in [1.807, 2.05) is 0 Å². The van der Waals surface area contributed by atoms with Gasteiger partial charge in [-0.25, -0.2) is 0 Å². The highest BCUT2D eigenvalue weighted by Crippen LogP contribution is 2.15. The zero-order chi connectivity index (χ0) is 31.8. The van der Waals surface area contributed by atoms with Gasteiger partial charge < -0.3 is 25.7 Å². The minimum Gasteiger partial charge on any atom is -0.394 e. The molecule has 0 saturated carbocycles. The second-order valence-corrected chi connectivity index (χ2v) is 12.9. The fraction of sp³-hybridized carbons (Fsp3) is 0.919. The fourth-order valence-electron chi connectivity index (χ4n) is 5.69. The standard InChI is InChI=1S/C37H73NO5/c1-3-5-7-8-9-10-11-12-13-14-15-16-17-18-19-20-21-22-23-24-25-26-27-29-31-35(41)37(43)38-33(32-39)36(42)34(40)30-28-6-4-2/h18-19,33-36,39-42H,3-17,20-32H2,1-2H3,(H,38,43)/b19-18-. The molecule has 0 aliphatic rings. The Bertz CT molecular complexity index is 614. The van der Waals surface area contributed by atoms with Gasteiger partial charge in [0.05, 0.1) is 18.8 Å².